The quantitative estimate of drug-likeness (QED) is 0.853. The number of thiophene rings is 1. The first-order valence-corrected chi connectivity index (χ1v) is 9.93. The fourth-order valence-corrected chi connectivity index (χ4v) is 5.63. The van der Waals surface area contributed by atoms with E-state index in [1.165, 1.54) is 22.5 Å². The lowest BCUT2D eigenvalue weighted by Crippen LogP contribution is -2.48. The van der Waals surface area contributed by atoms with E-state index in [1.54, 1.807) is 18.2 Å². The van der Waals surface area contributed by atoms with E-state index in [0.717, 1.165) is 17.0 Å². The van der Waals surface area contributed by atoms with E-state index < -0.39 is 16.0 Å². The Hall–Kier alpha value is -1.97. The molecule has 6 nitrogen and oxygen atoms in total. The maximum atomic E-state index is 13.0. The van der Waals surface area contributed by atoms with Gasteiger partial charge in [0.25, 0.3) is 10.0 Å². The Morgan fingerprint density at radius 3 is 2.32 bits per heavy atom. The summed E-state index contributed by atoms with van der Waals surface area (Å²) >= 11 is 0.995. The molecule has 3 rings (SSSR count). The first-order chi connectivity index (χ1) is 11.9. The molecule has 1 aromatic carbocycles. The predicted octanol–water partition coefficient (Wildman–Crippen LogP) is 2.03. The van der Waals surface area contributed by atoms with Crippen molar-refractivity contribution in [1.29, 1.82) is 0 Å². The van der Waals surface area contributed by atoms with Crippen LogP contribution in [0.2, 0.25) is 0 Å². The van der Waals surface area contributed by atoms with Crippen LogP contribution in [0.3, 0.4) is 0 Å². The molecule has 0 atom stereocenters. The van der Waals surface area contributed by atoms with Crippen LogP contribution in [-0.2, 0) is 21.2 Å². The Labute approximate surface area is 149 Å². The average Bonchev–Trinajstić information content (AvgIpc) is 3.04. The van der Waals surface area contributed by atoms with E-state index in [1.807, 2.05) is 4.90 Å². The van der Waals surface area contributed by atoms with Crippen molar-refractivity contribution in [2.75, 3.05) is 31.1 Å². The molecule has 0 radical (unpaired) electrons. The molecule has 1 N–H and O–H groups in total. The van der Waals surface area contributed by atoms with E-state index in [2.05, 4.69) is 0 Å². The molecule has 1 aliphatic rings. The summed E-state index contributed by atoms with van der Waals surface area (Å²) in [5, 5.41) is 8.80. The summed E-state index contributed by atoms with van der Waals surface area (Å²) in [5.41, 5.74) is 0.860. The summed E-state index contributed by atoms with van der Waals surface area (Å²) in [7, 11) is -3.62. The van der Waals surface area contributed by atoms with Crippen molar-refractivity contribution >= 4 is 33.0 Å². The number of benzene rings is 1. The van der Waals surface area contributed by atoms with Crippen LogP contribution in [0.1, 0.15) is 4.88 Å². The first kappa shape index (κ1) is 17.8. The SMILES string of the molecule is O=C(O)Cc1ccc(S(=O)(=O)N2CCN(c3ccc(F)cc3)CC2)s1. The number of aliphatic carboxylic acids is 1. The van der Waals surface area contributed by atoms with Crippen LogP contribution >= 0.6 is 11.3 Å². The average molecular weight is 384 g/mol. The Morgan fingerprint density at radius 1 is 1.08 bits per heavy atom. The fourth-order valence-electron chi connectivity index (χ4n) is 2.71. The molecule has 0 unspecified atom stereocenters. The second-order valence-electron chi connectivity index (χ2n) is 5.66. The summed E-state index contributed by atoms with van der Waals surface area (Å²) in [4.78, 5) is 13.3. The van der Waals surface area contributed by atoms with Gasteiger partial charge in [-0.2, -0.15) is 4.31 Å². The molecule has 1 fully saturated rings. The molecule has 25 heavy (non-hydrogen) atoms. The number of hydrogen-bond acceptors (Lipinski definition) is 5. The zero-order valence-electron chi connectivity index (χ0n) is 13.3. The first-order valence-electron chi connectivity index (χ1n) is 7.67. The Balaban J connectivity index is 1.68. The van der Waals surface area contributed by atoms with Gasteiger partial charge in [-0.1, -0.05) is 0 Å². The topological polar surface area (TPSA) is 77.9 Å². The van der Waals surface area contributed by atoms with Gasteiger partial charge < -0.3 is 10.0 Å². The highest BCUT2D eigenvalue weighted by Gasteiger charge is 2.30. The van der Waals surface area contributed by atoms with E-state index in [-0.39, 0.29) is 16.4 Å². The molecule has 2 aromatic rings. The number of sulfonamides is 1. The number of carbonyl (C=O) groups is 1. The van der Waals surface area contributed by atoms with Gasteiger partial charge >= 0.3 is 5.97 Å². The molecule has 9 heteroatoms. The monoisotopic (exact) mass is 384 g/mol. The molecule has 0 aliphatic carbocycles. The molecule has 0 spiro atoms. The Bertz CT molecular complexity index is 857. The van der Waals surface area contributed by atoms with Gasteiger partial charge in [-0.15, -0.1) is 11.3 Å². The number of nitrogens with zero attached hydrogens (tertiary/aromatic N) is 2. The zero-order chi connectivity index (χ0) is 18.0. The van der Waals surface area contributed by atoms with Gasteiger partial charge in [0.2, 0.25) is 0 Å². The normalized spacial score (nSPS) is 16.1. The lowest BCUT2D eigenvalue weighted by molar-refractivity contribution is -0.136. The maximum Gasteiger partial charge on any atom is 0.308 e. The van der Waals surface area contributed by atoms with Gasteiger partial charge in [0.1, 0.15) is 10.0 Å². The number of anilines is 1. The van der Waals surface area contributed by atoms with Gasteiger partial charge in [-0.25, -0.2) is 12.8 Å². The number of carboxylic acids is 1. The maximum absolute atomic E-state index is 13.0. The van der Waals surface area contributed by atoms with Crippen molar-refractivity contribution in [3.8, 4) is 0 Å². The molecule has 1 aromatic heterocycles. The van der Waals surface area contributed by atoms with Crippen LogP contribution in [-0.4, -0.2) is 50.0 Å². The van der Waals surface area contributed by atoms with Gasteiger partial charge in [0, 0.05) is 36.7 Å². The van der Waals surface area contributed by atoms with E-state index in [9.17, 15) is 17.6 Å². The van der Waals surface area contributed by atoms with Crippen LogP contribution in [0.4, 0.5) is 10.1 Å². The standard InChI is InChI=1S/C16H17FN2O4S2/c17-12-1-3-13(4-2-12)18-7-9-19(10-8-18)25(22,23)16-6-5-14(24-16)11-15(20)21/h1-6H,7-11H2,(H,20,21). The summed E-state index contributed by atoms with van der Waals surface area (Å²) in [5.74, 6) is -1.29. The molecule has 2 heterocycles. The summed E-state index contributed by atoms with van der Waals surface area (Å²) in [6.45, 7) is 1.67. The molecule has 1 saturated heterocycles. The number of piperazine rings is 1. The highest BCUT2D eigenvalue weighted by Crippen LogP contribution is 2.27. The smallest absolute Gasteiger partial charge is 0.308 e. The van der Waals surface area contributed by atoms with Crippen molar-refractivity contribution < 1.29 is 22.7 Å². The predicted molar refractivity (Wildman–Crippen MR) is 93.0 cm³/mol. The van der Waals surface area contributed by atoms with Crippen molar-refractivity contribution in [2.45, 2.75) is 10.6 Å². The summed E-state index contributed by atoms with van der Waals surface area (Å²) in [6, 6.07) is 9.13. The van der Waals surface area contributed by atoms with E-state index >= 15 is 0 Å². The molecular weight excluding hydrogens is 367 g/mol. The van der Waals surface area contributed by atoms with Crippen LogP contribution in [0.25, 0.3) is 0 Å². The number of rotatable bonds is 5. The lowest BCUT2D eigenvalue weighted by Gasteiger charge is -2.35. The van der Waals surface area contributed by atoms with Crippen molar-refractivity contribution in [1.82, 2.24) is 4.31 Å². The van der Waals surface area contributed by atoms with Gasteiger partial charge in [0.15, 0.2) is 0 Å². The molecular formula is C16H17FN2O4S2. The minimum Gasteiger partial charge on any atom is -0.481 e. The molecule has 1 aliphatic heterocycles. The second kappa shape index (κ2) is 7.11. The third-order valence-electron chi connectivity index (χ3n) is 3.99. The molecule has 0 bridgehead atoms. The Kier molecular flexibility index (Phi) is 5.07. The largest absolute Gasteiger partial charge is 0.481 e. The number of hydrogen-bond donors (Lipinski definition) is 1. The van der Waals surface area contributed by atoms with Crippen LogP contribution in [0.5, 0.6) is 0 Å². The molecule has 0 amide bonds. The number of carboxylic acid groups (broad SMARTS) is 1. The van der Waals surface area contributed by atoms with Crippen molar-refractivity contribution in [3.05, 3.63) is 47.1 Å². The highest BCUT2D eigenvalue weighted by atomic mass is 32.2. The van der Waals surface area contributed by atoms with Crippen molar-refractivity contribution in [3.63, 3.8) is 0 Å². The van der Waals surface area contributed by atoms with Crippen LogP contribution in [0.15, 0.2) is 40.6 Å². The third-order valence-corrected chi connectivity index (χ3v) is 7.44. The van der Waals surface area contributed by atoms with Gasteiger partial charge in [-0.3, -0.25) is 4.79 Å². The Morgan fingerprint density at radius 2 is 1.72 bits per heavy atom. The minimum atomic E-state index is -3.62. The van der Waals surface area contributed by atoms with Gasteiger partial charge in [-0.05, 0) is 36.4 Å². The number of halogens is 1. The fraction of sp³-hybridized carbons (Fsp3) is 0.312. The minimum absolute atomic E-state index is 0.166. The van der Waals surface area contributed by atoms with Crippen molar-refractivity contribution in [2.24, 2.45) is 0 Å². The third kappa shape index (κ3) is 4.00. The lowest BCUT2D eigenvalue weighted by atomic mass is 10.2. The van der Waals surface area contributed by atoms with Crippen LogP contribution in [0, 0.1) is 5.82 Å². The van der Waals surface area contributed by atoms with E-state index in [0.29, 0.717) is 31.1 Å². The highest BCUT2D eigenvalue weighted by molar-refractivity contribution is 7.91. The van der Waals surface area contributed by atoms with Crippen LogP contribution < -0.4 is 4.90 Å². The molecule has 0 saturated carbocycles. The molecule has 134 valence electrons. The summed E-state index contributed by atoms with van der Waals surface area (Å²) in [6.07, 6.45) is -0.182. The second-order valence-corrected chi connectivity index (χ2v) is 8.99. The van der Waals surface area contributed by atoms with E-state index in [4.69, 9.17) is 5.11 Å². The zero-order valence-corrected chi connectivity index (χ0v) is 14.9. The van der Waals surface area contributed by atoms with Gasteiger partial charge in [0.05, 0.1) is 6.42 Å². The summed E-state index contributed by atoms with van der Waals surface area (Å²) < 4.78 is 40.0.